The lowest BCUT2D eigenvalue weighted by Gasteiger charge is -2.14. The normalized spacial score (nSPS) is 11.0. The number of aryl methyl sites for hydroxylation is 1. The molecule has 0 bridgehead atoms. The van der Waals surface area contributed by atoms with Crippen molar-refractivity contribution < 1.29 is 9.53 Å². The van der Waals surface area contributed by atoms with Crippen LogP contribution in [0.2, 0.25) is 0 Å². The minimum Gasteiger partial charge on any atom is -0.493 e. The van der Waals surface area contributed by atoms with Gasteiger partial charge in [-0.3, -0.25) is 4.79 Å². The van der Waals surface area contributed by atoms with Gasteiger partial charge in [-0.1, -0.05) is 50.8 Å². The molecule has 0 aliphatic rings. The largest absolute Gasteiger partial charge is 0.493 e. The molecular formula is C24H29N3O2. The number of aromatic nitrogens is 2. The van der Waals surface area contributed by atoms with Crippen molar-refractivity contribution in [3.8, 4) is 5.75 Å². The van der Waals surface area contributed by atoms with Crippen LogP contribution in [0.15, 0.2) is 61.2 Å². The first kappa shape index (κ1) is 20.6. The van der Waals surface area contributed by atoms with Crippen LogP contribution in [0, 0.1) is 0 Å². The molecule has 1 heterocycles. The summed E-state index contributed by atoms with van der Waals surface area (Å²) in [5, 5.41) is 2.82. The van der Waals surface area contributed by atoms with Crippen LogP contribution in [0.25, 0.3) is 11.0 Å². The third kappa shape index (κ3) is 5.25. The zero-order valence-corrected chi connectivity index (χ0v) is 17.2. The zero-order chi connectivity index (χ0) is 20.6. The van der Waals surface area contributed by atoms with Gasteiger partial charge in [0.05, 0.1) is 24.2 Å². The average Bonchev–Trinajstić information content (AvgIpc) is 3.09. The molecule has 29 heavy (non-hydrogen) atoms. The Balaban J connectivity index is 1.60. The van der Waals surface area contributed by atoms with Gasteiger partial charge in [0.25, 0.3) is 0 Å². The minimum absolute atomic E-state index is 0.194. The summed E-state index contributed by atoms with van der Waals surface area (Å²) < 4.78 is 8.22. The number of ether oxygens (including phenoxy) is 1. The lowest BCUT2D eigenvalue weighted by atomic mass is 10.0. The number of unbranched alkanes of at least 4 members (excludes halogenated alkanes) is 1. The molecule has 1 aromatic heterocycles. The second-order valence-electron chi connectivity index (χ2n) is 7.34. The molecule has 0 atom stereocenters. The molecular weight excluding hydrogens is 362 g/mol. The van der Waals surface area contributed by atoms with Gasteiger partial charge >= 0.3 is 0 Å². The number of carbonyl (C=O) groups excluding carboxylic acids is 1. The Bertz CT molecular complexity index is 975. The van der Waals surface area contributed by atoms with Gasteiger partial charge in [-0.25, -0.2) is 4.98 Å². The summed E-state index contributed by atoms with van der Waals surface area (Å²) in [4.78, 5) is 16.2. The molecule has 0 fully saturated rings. The van der Waals surface area contributed by atoms with Crippen LogP contribution in [-0.2, 0) is 17.9 Å². The third-order valence-corrected chi connectivity index (χ3v) is 4.91. The summed E-state index contributed by atoms with van der Waals surface area (Å²) in [5.74, 6) is 2.08. The van der Waals surface area contributed by atoms with E-state index in [1.54, 1.807) is 0 Å². The Morgan fingerprint density at radius 1 is 1.17 bits per heavy atom. The van der Waals surface area contributed by atoms with Gasteiger partial charge in [0.2, 0.25) is 5.91 Å². The molecule has 0 aliphatic heterocycles. The second kappa shape index (κ2) is 9.92. The Labute approximate surface area is 172 Å². The van der Waals surface area contributed by atoms with E-state index in [9.17, 15) is 4.79 Å². The van der Waals surface area contributed by atoms with Crippen molar-refractivity contribution in [2.45, 2.75) is 45.7 Å². The number of amides is 1. The van der Waals surface area contributed by atoms with Crippen molar-refractivity contribution in [2.24, 2.45) is 0 Å². The summed E-state index contributed by atoms with van der Waals surface area (Å²) in [5.41, 5.74) is 3.27. The lowest BCUT2D eigenvalue weighted by Crippen LogP contribution is -2.22. The van der Waals surface area contributed by atoms with Crippen molar-refractivity contribution in [3.05, 3.63) is 72.6 Å². The highest BCUT2D eigenvalue weighted by Gasteiger charge is 2.11. The van der Waals surface area contributed by atoms with Gasteiger partial charge in [-0.15, -0.1) is 0 Å². The number of nitrogens with zero attached hydrogens (tertiary/aromatic N) is 2. The number of fused-ring (bicyclic) bond motifs is 1. The number of imidazole rings is 1. The van der Waals surface area contributed by atoms with Crippen LogP contribution in [0.5, 0.6) is 5.75 Å². The molecule has 3 rings (SSSR count). The highest BCUT2D eigenvalue weighted by Crippen LogP contribution is 2.26. The molecule has 1 amide bonds. The van der Waals surface area contributed by atoms with E-state index in [0.717, 1.165) is 42.0 Å². The van der Waals surface area contributed by atoms with Crippen LogP contribution in [0.3, 0.4) is 0 Å². The fraction of sp³-hybridized carbons (Fsp3) is 0.333. The van der Waals surface area contributed by atoms with E-state index in [1.807, 2.05) is 30.3 Å². The third-order valence-electron chi connectivity index (χ3n) is 4.91. The van der Waals surface area contributed by atoms with Crippen molar-refractivity contribution in [2.75, 3.05) is 6.61 Å². The van der Waals surface area contributed by atoms with Crippen LogP contribution >= 0.6 is 0 Å². The predicted octanol–water partition coefficient (Wildman–Crippen LogP) is 4.82. The highest BCUT2D eigenvalue weighted by atomic mass is 16.5. The van der Waals surface area contributed by atoms with Gasteiger partial charge in [0.15, 0.2) is 0 Å². The summed E-state index contributed by atoms with van der Waals surface area (Å²) >= 11 is 0. The maximum Gasteiger partial charge on any atom is 0.243 e. The Hall–Kier alpha value is -3.08. The molecule has 0 aliphatic carbocycles. The molecule has 0 saturated heterocycles. The maximum absolute atomic E-state index is 11.5. The predicted molar refractivity (Wildman–Crippen MR) is 117 cm³/mol. The van der Waals surface area contributed by atoms with Crippen LogP contribution in [-0.4, -0.2) is 22.1 Å². The fourth-order valence-electron chi connectivity index (χ4n) is 3.39. The van der Waals surface area contributed by atoms with Crippen molar-refractivity contribution in [1.29, 1.82) is 0 Å². The minimum atomic E-state index is -0.194. The SMILES string of the molecule is C=CC(=O)NCc1nc2ccccc2n1CCCCOc1ccccc1C(C)C. The van der Waals surface area contributed by atoms with Gasteiger partial charge in [0.1, 0.15) is 11.6 Å². The van der Waals surface area contributed by atoms with Crippen molar-refractivity contribution in [3.63, 3.8) is 0 Å². The first-order chi connectivity index (χ1) is 14.1. The number of benzene rings is 2. The zero-order valence-electron chi connectivity index (χ0n) is 17.2. The number of para-hydroxylation sites is 3. The van der Waals surface area contributed by atoms with Crippen molar-refractivity contribution >= 4 is 16.9 Å². The number of rotatable bonds is 10. The van der Waals surface area contributed by atoms with Crippen LogP contribution in [0.1, 0.15) is 44.0 Å². The number of nitrogens with one attached hydrogen (secondary N) is 1. The van der Waals surface area contributed by atoms with Gasteiger partial charge in [-0.05, 0) is 48.6 Å². The number of carbonyl (C=O) groups is 1. The molecule has 5 nitrogen and oxygen atoms in total. The molecule has 3 aromatic rings. The molecule has 2 aromatic carbocycles. The van der Waals surface area contributed by atoms with Gasteiger partial charge in [0, 0.05) is 6.54 Å². The van der Waals surface area contributed by atoms with E-state index in [-0.39, 0.29) is 5.91 Å². The monoisotopic (exact) mass is 391 g/mol. The summed E-state index contributed by atoms with van der Waals surface area (Å²) in [6.45, 7) is 9.75. The fourth-order valence-corrected chi connectivity index (χ4v) is 3.39. The van der Waals surface area contributed by atoms with Crippen LogP contribution in [0.4, 0.5) is 0 Å². The quantitative estimate of drug-likeness (QED) is 0.398. The highest BCUT2D eigenvalue weighted by molar-refractivity contribution is 5.86. The Morgan fingerprint density at radius 3 is 2.72 bits per heavy atom. The summed E-state index contributed by atoms with van der Waals surface area (Å²) in [6, 6.07) is 16.3. The van der Waals surface area contributed by atoms with Gasteiger partial charge in [-0.2, -0.15) is 0 Å². The molecule has 0 saturated carbocycles. The van der Waals surface area contributed by atoms with E-state index < -0.39 is 0 Å². The maximum atomic E-state index is 11.5. The standard InChI is InChI=1S/C24H29N3O2/c1-4-24(28)25-17-23-26-20-12-6-7-13-21(20)27(23)15-9-10-16-29-22-14-8-5-11-19(22)18(2)3/h4-8,11-14,18H,1,9-10,15-17H2,2-3H3,(H,25,28). The van der Waals surface area contributed by atoms with E-state index in [2.05, 4.69) is 53.5 Å². The van der Waals surface area contributed by atoms with Gasteiger partial charge < -0.3 is 14.6 Å². The topological polar surface area (TPSA) is 56.2 Å². The van der Waals surface area contributed by atoms with E-state index in [4.69, 9.17) is 4.74 Å². The molecule has 0 unspecified atom stereocenters. The first-order valence-corrected chi connectivity index (χ1v) is 10.2. The Morgan fingerprint density at radius 2 is 1.93 bits per heavy atom. The summed E-state index contributed by atoms with van der Waals surface area (Å²) in [7, 11) is 0. The Kier molecular flexibility index (Phi) is 7.06. The lowest BCUT2D eigenvalue weighted by molar-refractivity contribution is -0.116. The number of hydrogen-bond acceptors (Lipinski definition) is 3. The second-order valence-corrected chi connectivity index (χ2v) is 7.34. The van der Waals surface area contributed by atoms with E-state index in [0.29, 0.717) is 19.1 Å². The molecule has 0 radical (unpaired) electrons. The molecule has 5 heteroatoms. The van der Waals surface area contributed by atoms with E-state index >= 15 is 0 Å². The smallest absolute Gasteiger partial charge is 0.243 e. The summed E-state index contributed by atoms with van der Waals surface area (Å²) in [6.07, 6.45) is 3.18. The molecule has 0 spiro atoms. The molecule has 1 N–H and O–H groups in total. The average molecular weight is 392 g/mol. The molecule has 152 valence electrons. The number of hydrogen-bond donors (Lipinski definition) is 1. The van der Waals surface area contributed by atoms with Crippen molar-refractivity contribution in [1.82, 2.24) is 14.9 Å². The first-order valence-electron chi connectivity index (χ1n) is 10.2. The van der Waals surface area contributed by atoms with Crippen LogP contribution < -0.4 is 10.1 Å². The van der Waals surface area contributed by atoms with E-state index in [1.165, 1.54) is 11.6 Å².